The van der Waals surface area contributed by atoms with Crippen LogP contribution in [-0.2, 0) is 4.74 Å². The molecule has 5 nitrogen and oxygen atoms in total. The van der Waals surface area contributed by atoms with E-state index in [1.165, 1.54) is 12.1 Å². The molecule has 1 aliphatic heterocycles. The van der Waals surface area contributed by atoms with Crippen molar-refractivity contribution >= 4 is 5.91 Å². The van der Waals surface area contributed by atoms with Gasteiger partial charge < -0.3 is 14.5 Å². The highest BCUT2D eigenvalue weighted by Crippen LogP contribution is 2.22. The lowest BCUT2D eigenvalue weighted by molar-refractivity contribution is -0.0680. The standard InChI is InChI=1S/C20H25FN2O3/c1-14-12-23(13-15(2)25-14)11-3-10-22-20(24)19-9-8-18(26-19)16-4-6-17(21)7-5-16/h4-9,14-15H,3,10-13H2,1-2H3,(H,22,24)/t14-,15+. The van der Waals surface area contributed by atoms with Crippen LogP contribution in [0.4, 0.5) is 4.39 Å². The van der Waals surface area contributed by atoms with Crippen molar-refractivity contribution in [3.63, 3.8) is 0 Å². The maximum Gasteiger partial charge on any atom is 0.287 e. The molecule has 0 radical (unpaired) electrons. The van der Waals surface area contributed by atoms with Gasteiger partial charge in [0.15, 0.2) is 5.76 Å². The molecular weight excluding hydrogens is 335 g/mol. The second-order valence-corrected chi connectivity index (χ2v) is 6.80. The number of carbonyl (C=O) groups excluding carboxylic acids is 1. The summed E-state index contributed by atoms with van der Waals surface area (Å²) < 4.78 is 24.3. The number of furan rings is 1. The molecule has 0 bridgehead atoms. The van der Waals surface area contributed by atoms with E-state index in [4.69, 9.17) is 9.15 Å². The molecule has 0 saturated carbocycles. The van der Waals surface area contributed by atoms with Crippen molar-refractivity contribution in [2.75, 3.05) is 26.2 Å². The third-order valence-electron chi connectivity index (χ3n) is 4.39. The molecule has 0 aliphatic carbocycles. The summed E-state index contributed by atoms with van der Waals surface area (Å²) in [5.74, 6) is 0.272. The molecular formula is C20H25FN2O3. The highest BCUT2D eigenvalue weighted by molar-refractivity contribution is 5.92. The first-order chi connectivity index (χ1) is 12.5. The molecule has 2 heterocycles. The van der Waals surface area contributed by atoms with Crippen LogP contribution >= 0.6 is 0 Å². The van der Waals surface area contributed by atoms with Crippen LogP contribution in [0, 0.1) is 5.82 Å². The van der Waals surface area contributed by atoms with Crippen LogP contribution < -0.4 is 5.32 Å². The van der Waals surface area contributed by atoms with Crippen LogP contribution in [-0.4, -0.2) is 49.2 Å². The number of nitrogens with zero attached hydrogens (tertiary/aromatic N) is 1. The Balaban J connectivity index is 1.44. The molecule has 2 aromatic rings. The van der Waals surface area contributed by atoms with E-state index in [9.17, 15) is 9.18 Å². The predicted molar refractivity (Wildman–Crippen MR) is 97.5 cm³/mol. The van der Waals surface area contributed by atoms with E-state index in [0.29, 0.717) is 12.3 Å². The first-order valence-corrected chi connectivity index (χ1v) is 9.03. The van der Waals surface area contributed by atoms with E-state index >= 15 is 0 Å². The van der Waals surface area contributed by atoms with E-state index < -0.39 is 0 Å². The molecule has 26 heavy (non-hydrogen) atoms. The Morgan fingerprint density at radius 3 is 2.54 bits per heavy atom. The van der Waals surface area contributed by atoms with Gasteiger partial charge in [0, 0.05) is 31.7 Å². The first-order valence-electron chi connectivity index (χ1n) is 9.03. The molecule has 1 amide bonds. The van der Waals surface area contributed by atoms with Gasteiger partial charge in [0.25, 0.3) is 5.91 Å². The Morgan fingerprint density at radius 2 is 1.85 bits per heavy atom. The van der Waals surface area contributed by atoms with Gasteiger partial charge in [-0.1, -0.05) is 0 Å². The average Bonchev–Trinajstić information content (AvgIpc) is 3.08. The second-order valence-electron chi connectivity index (χ2n) is 6.80. The van der Waals surface area contributed by atoms with Gasteiger partial charge in [-0.05, 0) is 56.7 Å². The molecule has 1 N–H and O–H groups in total. The van der Waals surface area contributed by atoms with Crippen molar-refractivity contribution < 1.29 is 18.3 Å². The Bertz CT molecular complexity index is 719. The zero-order valence-corrected chi connectivity index (χ0v) is 15.2. The minimum Gasteiger partial charge on any atom is -0.451 e. The van der Waals surface area contributed by atoms with Gasteiger partial charge in [0.05, 0.1) is 12.2 Å². The van der Waals surface area contributed by atoms with Crippen LogP contribution in [0.1, 0.15) is 30.8 Å². The lowest BCUT2D eigenvalue weighted by Crippen LogP contribution is -2.46. The van der Waals surface area contributed by atoms with E-state index in [2.05, 4.69) is 24.1 Å². The van der Waals surface area contributed by atoms with Crippen molar-refractivity contribution in [3.05, 3.63) is 48.0 Å². The highest BCUT2D eigenvalue weighted by atomic mass is 19.1. The molecule has 1 aromatic carbocycles. The molecule has 0 unspecified atom stereocenters. The van der Waals surface area contributed by atoms with Crippen LogP contribution in [0.2, 0.25) is 0 Å². The van der Waals surface area contributed by atoms with E-state index in [1.54, 1.807) is 24.3 Å². The number of hydrogen-bond donors (Lipinski definition) is 1. The smallest absolute Gasteiger partial charge is 0.287 e. The van der Waals surface area contributed by atoms with Crippen molar-refractivity contribution in [2.45, 2.75) is 32.5 Å². The Kier molecular flexibility index (Phi) is 6.06. The van der Waals surface area contributed by atoms with Gasteiger partial charge in [-0.25, -0.2) is 4.39 Å². The normalized spacial score (nSPS) is 20.9. The lowest BCUT2D eigenvalue weighted by Gasteiger charge is -2.35. The zero-order valence-electron chi connectivity index (χ0n) is 15.2. The monoisotopic (exact) mass is 360 g/mol. The first kappa shape index (κ1) is 18.6. The fraction of sp³-hybridized carbons (Fsp3) is 0.450. The van der Waals surface area contributed by atoms with E-state index in [1.807, 2.05) is 0 Å². The molecule has 2 atom stereocenters. The van der Waals surface area contributed by atoms with Crippen LogP contribution in [0.15, 0.2) is 40.8 Å². The number of amides is 1. The summed E-state index contributed by atoms with van der Waals surface area (Å²) in [6, 6.07) is 9.34. The zero-order chi connectivity index (χ0) is 18.5. The number of ether oxygens (including phenoxy) is 1. The van der Waals surface area contributed by atoms with Crippen molar-refractivity contribution in [1.29, 1.82) is 0 Å². The summed E-state index contributed by atoms with van der Waals surface area (Å²) in [4.78, 5) is 14.6. The summed E-state index contributed by atoms with van der Waals surface area (Å²) in [6.07, 6.45) is 1.37. The molecule has 1 fully saturated rings. The number of hydrogen-bond acceptors (Lipinski definition) is 4. The molecule has 140 valence electrons. The number of halogens is 1. The second kappa shape index (κ2) is 8.47. The number of nitrogens with one attached hydrogen (secondary N) is 1. The topological polar surface area (TPSA) is 54.7 Å². The van der Waals surface area contributed by atoms with Crippen molar-refractivity contribution in [2.24, 2.45) is 0 Å². The van der Waals surface area contributed by atoms with Gasteiger partial charge in [-0.3, -0.25) is 9.69 Å². The predicted octanol–water partition coefficient (Wildman–Crippen LogP) is 3.31. The number of rotatable bonds is 6. The van der Waals surface area contributed by atoms with E-state index in [-0.39, 0.29) is 29.7 Å². The molecule has 3 rings (SSSR count). The Labute approximate surface area is 153 Å². The fourth-order valence-electron chi connectivity index (χ4n) is 3.29. The molecule has 1 aliphatic rings. The van der Waals surface area contributed by atoms with Crippen LogP contribution in [0.5, 0.6) is 0 Å². The minimum atomic E-state index is -0.303. The SMILES string of the molecule is C[C@@H]1CN(CCCNC(=O)c2ccc(-c3ccc(F)cc3)o2)C[C@H](C)O1. The number of morpholine rings is 1. The maximum absolute atomic E-state index is 13.0. The maximum atomic E-state index is 13.0. The Morgan fingerprint density at radius 1 is 1.15 bits per heavy atom. The summed E-state index contributed by atoms with van der Waals surface area (Å²) in [5, 5.41) is 2.88. The summed E-state index contributed by atoms with van der Waals surface area (Å²) in [7, 11) is 0. The average molecular weight is 360 g/mol. The van der Waals surface area contributed by atoms with Gasteiger partial charge >= 0.3 is 0 Å². The largest absolute Gasteiger partial charge is 0.451 e. The van der Waals surface area contributed by atoms with Crippen molar-refractivity contribution in [1.82, 2.24) is 10.2 Å². The number of carbonyl (C=O) groups is 1. The third kappa shape index (κ3) is 4.93. The van der Waals surface area contributed by atoms with Gasteiger partial charge in [-0.2, -0.15) is 0 Å². The Hall–Kier alpha value is -2.18. The molecule has 1 saturated heterocycles. The third-order valence-corrected chi connectivity index (χ3v) is 4.39. The van der Waals surface area contributed by atoms with Gasteiger partial charge in [-0.15, -0.1) is 0 Å². The quantitative estimate of drug-likeness (QED) is 0.803. The van der Waals surface area contributed by atoms with Crippen molar-refractivity contribution in [3.8, 4) is 11.3 Å². The summed E-state index contributed by atoms with van der Waals surface area (Å²) in [5.41, 5.74) is 0.737. The van der Waals surface area contributed by atoms with Gasteiger partial charge in [0.1, 0.15) is 11.6 Å². The number of benzene rings is 1. The molecule has 1 aromatic heterocycles. The lowest BCUT2D eigenvalue weighted by atomic mass is 10.2. The highest BCUT2D eigenvalue weighted by Gasteiger charge is 2.21. The van der Waals surface area contributed by atoms with Gasteiger partial charge in [0.2, 0.25) is 0 Å². The van der Waals surface area contributed by atoms with Crippen LogP contribution in [0.3, 0.4) is 0 Å². The summed E-state index contributed by atoms with van der Waals surface area (Å²) in [6.45, 7) is 7.54. The minimum absolute atomic E-state index is 0.234. The fourth-order valence-corrected chi connectivity index (χ4v) is 3.29. The summed E-state index contributed by atoms with van der Waals surface area (Å²) >= 11 is 0. The van der Waals surface area contributed by atoms with Crippen LogP contribution in [0.25, 0.3) is 11.3 Å². The molecule has 6 heteroatoms. The van der Waals surface area contributed by atoms with E-state index in [0.717, 1.165) is 31.6 Å². The molecule has 0 spiro atoms.